The van der Waals surface area contributed by atoms with E-state index in [1.54, 1.807) is 54.5 Å². The van der Waals surface area contributed by atoms with Gasteiger partial charge in [0, 0.05) is 28.4 Å². The third kappa shape index (κ3) is 28.7. The molecule has 0 spiro atoms. The van der Waals surface area contributed by atoms with Gasteiger partial charge < -0.3 is 24.6 Å². The molecule has 14 aromatic rings. The van der Waals surface area contributed by atoms with Crippen molar-refractivity contribution in [2.75, 3.05) is 19.5 Å². The Morgan fingerprint density at radius 2 is 0.839 bits per heavy atom. The number of aryl methyl sites for hydroxylation is 2. The fourth-order valence-corrected chi connectivity index (χ4v) is 11.6. The Bertz CT molecular complexity index is 5560. The number of ether oxygens (including phenoxy) is 3. The van der Waals surface area contributed by atoms with Crippen LogP contribution in [0.3, 0.4) is 0 Å². The van der Waals surface area contributed by atoms with E-state index < -0.39 is 29.6 Å². The number of carboxylic acid groups (broad SMARTS) is 1. The third-order valence-corrected chi connectivity index (χ3v) is 17.8. The highest BCUT2D eigenvalue weighted by molar-refractivity contribution is 9.08. The Balaban J connectivity index is 0.000000188. The molecule has 25 heteroatoms. The number of carbonyl (C=O) groups is 5. The predicted molar refractivity (Wildman–Crippen MR) is 463 cm³/mol. The van der Waals surface area contributed by atoms with E-state index >= 15 is 0 Å². The van der Waals surface area contributed by atoms with Gasteiger partial charge in [-0.3, -0.25) is 10.1 Å². The zero-order valence-corrected chi connectivity index (χ0v) is 67.1. The average molecular weight is 1640 g/mol. The highest BCUT2D eigenvalue weighted by atomic mass is 79.9. The van der Waals surface area contributed by atoms with E-state index in [0.717, 1.165) is 66.5 Å². The van der Waals surface area contributed by atoms with Gasteiger partial charge in [-0.2, -0.15) is 0 Å². The summed E-state index contributed by atoms with van der Waals surface area (Å²) in [7, 11) is 2.56. The Labute approximate surface area is 694 Å². The number of amides is 2. The maximum Gasteiger partial charge on any atom is 0.413 e. The molecular formula is C93H90BrN15O9. The number of nitrogens with one attached hydrogen (secondary N) is 2. The third-order valence-electron chi connectivity index (χ3n) is 17.2. The second-order valence-corrected chi connectivity index (χ2v) is 27.4. The fraction of sp³-hybridized carbons (Fsp3) is 0.161. The molecular weight excluding hydrogens is 1550 g/mol. The summed E-state index contributed by atoms with van der Waals surface area (Å²) in [4.78, 5) is 63.8. The zero-order valence-electron chi connectivity index (χ0n) is 65.5. The Kier molecular flexibility index (Phi) is 34.5. The van der Waals surface area contributed by atoms with Gasteiger partial charge in [-0.05, 0) is 141 Å². The van der Waals surface area contributed by atoms with Crippen LogP contribution in [-0.2, 0) is 57.1 Å². The van der Waals surface area contributed by atoms with E-state index in [1.807, 2.05) is 166 Å². The van der Waals surface area contributed by atoms with E-state index in [9.17, 15) is 24.0 Å². The van der Waals surface area contributed by atoms with Crippen LogP contribution in [-0.4, -0.2) is 105 Å². The van der Waals surface area contributed by atoms with Gasteiger partial charge >= 0.3 is 24.0 Å². The summed E-state index contributed by atoms with van der Waals surface area (Å²) >= 11 is 3.44. The van der Waals surface area contributed by atoms with Crippen LogP contribution in [0.15, 0.2) is 303 Å². The van der Waals surface area contributed by atoms with Crippen molar-refractivity contribution < 1.29 is 43.3 Å². The molecule has 0 atom stereocenters. The molecule has 0 saturated carbocycles. The molecule has 0 fully saturated rings. The van der Waals surface area contributed by atoms with Crippen molar-refractivity contribution in [3.05, 3.63) is 370 Å². The number of aromatic nitrogens is 10. The quantitative estimate of drug-likeness (QED) is 0.00933. The minimum Gasteiger partial charge on any atom is -0.476 e. The van der Waals surface area contributed by atoms with Crippen LogP contribution >= 0.6 is 15.9 Å². The van der Waals surface area contributed by atoms with E-state index in [-0.39, 0.29) is 37.0 Å². The number of aromatic carboxylic acids is 1. The number of pyridine rings is 1. The Morgan fingerprint density at radius 3 is 1.15 bits per heavy atom. The number of azide groups is 1. The van der Waals surface area contributed by atoms with Gasteiger partial charge in [0.25, 0.3) is 5.91 Å². The number of carbonyl (C=O) groups excluding carboxylic acids is 4. The summed E-state index contributed by atoms with van der Waals surface area (Å²) in [6, 6.07) is 94.1. The molecule has 24 nitrogen and oxygen atoms in total. The number of anilines is 1. The normalized spacial score (nSPS) is 10.2. The van der Waals surface area contributed by atoms with Gasteiger partial charge in [0.2, 0.25) is 0 Å². The first-order chi connectivity index (χ1) is 56.7. The van der Waals surface area contributed by atoms with Gasteiger partial charge in [-0.15, -0.1) is 21.7 Å². The maximum atomic E-state index is 12.7. The molecule has 118 heavy (non-hydrogen) atoms. The summed E-state index contributed by atoms with van der Waals surface area (Å²) in [5, 5.41) is 42.0. The standard InChI is InChI=1S/C29H32N6O3.C17H15N3O2.C16H13N3O2.C13H11Br.C13H11N3.C4H4O2.CH4/c1-19-15-26(32-28(37)38-29(3,4)5)31-20(2)24(19)16-30-27(36)25-18-35(34-33-25)17-21-11-13-23(14-12-21)22-9-7-6-8-10-22;1-22-17(21)16-12-20(19-18-16)11-13-7-9-15(10-8-13)14-5-3-2-4-6-14;20-16(21)15-11-19(18-17-15)10-12-6-8-14(9-7-12)13-4-2-1-3-5-13;14-10-11-6-8-13(9-7-11)12-4-2-1-3-5-12;14-16-15-10-11-6-8-13(9-7-11)12-4-2-1-3-5-12;1-3-4(5)6-2;/h6-15,18H,16-17H2,1-5H3,(H,30,36)(H,31,32,37);2-10,12H,11H2,1H3;1-9,11H,10H2,(H,20,21);1-9H,10H2;1-9H,10H2;1H,2H3;1H4. The summed E-state index contributed by atoms with van der Waals surface area (Å²) in [5.41, 5.74) is 27.8. The topological polar surface area (TPSA) is 311 Å². The minimum atomic E-state index is -1.07. The minimum absolute atomic E-state index is 0. The van der Waals surface area contributed by atoms with Crippen molar-refractivity contribution in [1.29, 1.82) is 0 Å². The molecule has 0 aliphatic rings. The number of nitrogens with zero attached hydrogens (tertiary/aromatic N) is 13. The van der Waals surface area contributed by atoms with Crippen LogP contribution in [0, 0.1) is 26.2 Å². The fourth-order valence-electron chi connectivity index (χ4n) is 11.3. The maximum absolute atomic E-state index is 12.7. The molecule has 3 N–H and O–H groups in total. The molecule has 0 radical (unpaired) electrons. The van der Waals surface area contributed by atoms with Crippen LogP contribution in [0.4, 0.5) is 10.6 Å². The molecule has 0 aliphatic carbocycles. The van der Waals surface area contributed by atoms with Crippen molar-refractivity contribution in [2.24, 2.45) is 5.11 Å². The molecule has 598 valence electrons. The summed E-state index contributed by atoms with van der Waals surface area (Å²) < 4.78 is 18.7. The lowest BCUT2D eigenvalue weighted by atomic mass is 10.0. The number of terminal acetylenes is 1. The number of alkyl halides is 1. The highest BCUT2D eigenvalue weighted by Gasteiger charge is 2.19. The lowest BCUT2D eigenvalue weighted by Gasteiger charge is -2.20. The first-order valence-electron chi connectivity index (χ1n) is 36.8. The molecule has 4 heterocycles. The molecule has 0 saturated heterocycles. The van der Waals surface area contributed by atoms with Gasteiger partial charge in [0.1, 0.15) is 11.4 Å². The van der Waals surface area contributed by atoms with Crippen LogP contribution in [0.25, 0.3) is 66.1 Å². The largest absolute Gasteiger partial charge is 0.476 e. The number of carboxylic acids is 1. The molecule has 14 rings (SSSR count). The van der Waals surface area contributed by atoms with Crippen LogP contribution in [0.5, 0.6) is 0 Å². The zero-order chi connectivity index (χ0) is 83.3. The first kappa shape index (κ1) is 88.8. The number of methoxy groups -OCH3 is 2. The number of esters is 2. The smallest absolute Gasteiger partial charge is 0.413 e. The SMILES string of the molecule is BrCc1ccc(-c2ccccc2)cc1.C.C#CC(=O)OC.COC(=O)c1cn(Cc2ccc(-c3ccccc3)cc2)nn1.Cc1cc(NC(=O)OC(C)(C)C)nc(C)c1CNC(=O)c1cn(Cc2ccc(-c3ccccc3)cc2)nn1.O=C(O)c1cn(Cc2ccc(-c3ccccc3)cc2)nn1.[N-]=[N+]=NCc1ccc(-c2ccccc2)cc1. The van der Waals surface area contributed by atoms with Crippen LogP contribution in [0.1, 0.15) is 104 Å². The first-order valence-corrected chi connectivity index (χ1v) is 37.9. The Morgan fingerprint density at radius 1 is 0.500 bits per heavy atom. The summed E-state index contributed by atoms with van der Waals surface area (Å²) in [6.45, 7) is 11.3. The molecule has 0 bridgehead atoms. The van der Waals surface area contributed by atoms with E-state index in [2.05, 4.69) is 210 Å². The number of hydrogen-bond acceptors (Lipinski definition) is 16. The van der Waals surface area contributed by atoms with Gasteiger partial charge in [0.15, 0.2) is 17.1 Å². The lowest BCUT2D eigenvalue weighted by molar-refractivity contribution is -0.133. The van der Waals surface area contributed by atoms with Crippen molar-refractivity contribution in [2.45, 2.75) is 85.7 Å². The van der Waals surface area contributed by atoms with E-state index in [0.29, 0.717) is 37.7 Å². The van der Waals surface area contributed by atoms with E-state index in [4.69, 9.17) is 15.4 Å². The number of benzene rings is 10. The average Bonchev–Trinajstić information content (AvgIpc) is 1.21. The van der Waals surface area contributed by atoms with Crippen molar-refractivity contribution in [1.82, 2.24) is 55.3 Å². The second-order valence-electron chi connectivity index (χ2n) is 26.9. The number of halogens is 1. The van der Waals surface area contributed by atoms with Gasteiger partial charge in [-0.25, -0.2) is 38.2 Å². The lowest BCUT2D eigenvalue weighted by Crippen LogP contribution is -2.28. The molecule has 2 amide bonds. The van der Waals surface area contributed by atoms with Gasteiger partial charge in [0.05, 0.1) is 59.0 Å². The molecule has 0 aliphatic heterocycles. The van der Waals surface area contributed by atoms with Crippen molar-refractivity contribution in [3.8, 4) is 68.0 Å². The second kappa shape index (κ2) is 45.8. The predicted octanol–water partition coefficient (Wildman–Crippen LogP) is 19.6. The number of rotatable bonds is 20. The Hall–Kier alpha value is -14.7. The monoisotopic (exact) mass is 1640 g/mol. The van der Waals surface area contributed by atoms with Crippen molar-refractivity contribution >= 4 is 51.7 Å². The molecule has 0 unspecified atom stereocenters. The van der Waals surface area contributed by atoms with Crippen LogP contribution in [0.2, 0.25) is 0 Å². The molecule has 4 aromatic heterocycles. The summed E-state index contributed by atoms with van der Waals surface area (Å²) in [6.07, 6.45) is 8.62. The highest BCUT2D eigenvalue weighted by Crippen LogP contribution is 2.26. The van der Waals surface area contributed by atoms with Crippen LogP contribution < -0.4 is 10.6 Å². The number of hydrogen-bond donors (Lipinski definition) is 3. The molecule has 10 aromatic carbocycles. The van der Waals surface area contributed by atoms with Gasteiger partial charge in [-0.1, -0.05) is 317 Å². The van der Waals surface area contributed by atoms with Crippen molar-refractivity contribution in [3.63, 3.8) is 0 Å². The van der Waals surface area contributed by atoms with E-state index in [1.165, 1.54) is 58.5 Å². The summed E-state index contributed by atoms with van der Waals surface area (Å²) in [5.74, 6) is -0.361.